The van der Waals surface area contributed by atoms with Crippen molar-refractivity contribution in [2.75, 3.05) is 13.2 Å². The molecular formula is C30H38Cl2N4O8. The second kappa shape index (κ2) is 12.9. The van der Waals surface area contributed by atoms with Crippen LogP contribution in [0.5, 0.6) is 0 Å². The Morgan fingerprint density at radius 1 is 0.750 bits per heavy atom. The van der Waals surface area contributed by atoms with Crippen LogP contribution in [0.4, 0.5) is 9.59 Å². The molecule has 2 amide bonds. The molecule has 2 aromatic rings. The van der Waals surface area contributed by atoms with Gasteiger partial charge in [0.05, 0.1) is 35.5 Å². The Morgan fingerprint density at radius 2 is 1.09 bits per heavy atom. The molecule has 44 heavy (non-hydrogen) atoms. The van der Waals surface area contributed by atoms with Crippen molar-refractivity contribution >= 4 is 35.4 Å². The van der Waals surface area contributed by atoms with Crippen molar-refractivity contribution in [3.8, 4) is 0 Å². The van der Waals surface area contributed by atoms with Gasteiger partial charge in [-0.25, -0.2) is 19.6 Å². The van der Waals surface area contributed by atoms with E-state index in [1.165, 1.54) is 0 Å². The summed E-state index contributed by atoms with van der Waals surface area (Å²) in [6, 6.07) is 3.75. The van der Waals surface area contributed by atoms with Gasteiger partial charge in [0.25, 0.3) is 0 Å². The molecule has 4 heterocycles. The molecule has 2 fully saturated rings. The lowest BCUT2D eigenvalue weighted by molar-refractivity contribution is -0.193. The van der Waals surface area contributed by atoms with Gasteiger partial charge in [-0.3, -0.25) is 0 Å². The van der Waals surface area contributed by atoms with Crippen LogP contribution in [0.3, 0.4) is 0 Å². The maximum atomic E-state index is 10.9. The molecule has 0 bridgehead atoms. The zero-order valence-corrected chi connectivity index (χ0v) is 26.6. The third-order valence-corrected chi connectivity index (χ3v) is 9.41. The number of fused-ring (bicyclic) bond motifs is 4. The second-order valence-corrected chi connectivity index (χ2v) is 12.4. The highest BCUT2D eigenvalue weighted by Crippen LogP contribution is 2.52. The van der Waals surface area contributed by atoms with Gasteiger partial charge in [-0.05, 0) is 63.8 Å². The lowest BCUT2D eigenvalue weighted by Gasteiger charge is -2.38. The van der Waals surface area contributed by atoms with E-state index in [2.05, 4.69) is 9.97 Å². The Balaban J connectivity index is 0.000000175. The van der Waals surface area contributed by atoms with Crippen LogP contribution < -0.4 is 11.5 Å². The van der Waals surface area contributed by atoms with Crippen molar-refractivity contribution in [2.24, 2.45) is 11.5 Å². The molecule has 6 rings (SSSR count). The molecule has 0 radical (unpaired) electrons. The largest absolute Gasteiger partial charge is 0.449 e. The standard InChI is InChI=1S/2C15H19ClN2O4/c2*1-8-9(2)22-15(21-8)5-3-10(7-20-14(17)19)11-4-6-18-13(16)12(11)15/h2*4,6,8-10H,3,5,7H2,1-2H3,(H2,17,19)/t8-,9-,10+;8-,9-,10-/m11/s1. The van der Waals surface area contributed by atoms with E-state index in [0.29, 0.717) is 23.1 Å². The van der Waals surface area contributed by atoms with Crippen LogP contribution in [-0.4, -0.2) is 59.8 Å². The molecule has 12 nitrogen and oxygen atoms in total. The Kier molecular flexibility index (Phi) is 9.60. The molecule has 2 aliphatic carbocycles. The highest BCUT2D eigenvalue weighted by atomic mass is 35.5. The number of nitrogens with two attached hydrogens (primary N) is 2. The number of pyridine rings is 2. The number of ether oxygens (including phenoxy) is 6. The van der Waals surface area contributed by atoms with Gasteiger partial charge in [0.2, 0.25) is 0 Å². The highest BCUT2D eigenvalue weighted by molar-refractivity contribution is 6.30. The first-order valence-electron chi connectivity index (χ1n) is 14.7. The molecule has 0 unspecified atom stereocenters. The van der Waals surface area contributed by atoms with E-state index >= 15 is 0 Å². The number of amides is 2. The number of primary amides is 2. The molecule has 4 aliphatic rings. The number of halogens is 2. The van der Waals surface area contributed by atoms with Crippen LogP contribution in [0.25, 0.3) is 0 Å². The predicted molar refractivity (Wildman–Crippen MR) is 159 cm³/mol. The van der Waals surface area contributed by atoms with Gasteiger partial charge in [0, 0.05) is 37.1 Å². The number of hydrogen-bond donors (Lipinski definition) is 2. The fourth-order valence-corrected chi connectivity index (χ4v) is 7.07. The van der Waals surface area contributed by atoms with E-state index in [0.717, 1.165) is 35.1 Å². The highest BCUT2D eigenvalue weighted by Gasteiger charge is 2.52. The molecule has 14 heteroatoms. The molecule has 4 N–H and O–H groups in total. The van der Waals surface area contributed by atoms with Gasteiger partial charge in [0.1, 0.15) is 23.5 Å². The fourth-order valence-electron chi connectivity index (χ4n) is 6.45. The SMILES string of the molecule is C[C@H]1OC2(CC[C@@H](COC(N)=O)c3ccnc(Cl)c32)O[C@@H]1C.C[C@H]1OC2(CC[C@H](COC(N)=O)c3ccnc(Cl)c32)O[C@@H]1C. The number of carbonyl (C=O) groups is 2. The summed E-state index contributed by atoms with van der Waals surface area (Å²) in [5, 5.41) is 0.727. The Labute approximate surface area is 265 Å². The average Bonchev–Trinajstić information content (AvgIpc) is 3.41. The van der Waals surface area contributed by atoms with E-state index in [4.69, 9.17) is 63.1 Å². The maximum Gasteiger partial charge on any atom is 0.404 e. The number of nitrogens with zero attached hydrogens (tertiary/aromatic N) is 2. The van der Waals surface area contributed by atoms with E-state index in [9.17, 15) is 9.59 Å². The number of carbonyl (C=O) groups excluding carboxylic acids is 2. The van der Waals surface area contributed by atoms with Gasteiger partial charge in [-0.1, -0.05) is 23.2 Å². The minimum absolute atomic E-state index is 0.00652. The Bertz CT molecular complexity index is 1270. The number of rotatable bonds is 4. The maximum absolute atomic E-state index is 10.9. The molecule has 2 spiro atoms. The first-order chi connectivity index (χ1) is 20.9. The monoisotopic (exact) mass is 652 g/mol. The zero-order chi connectivity index (χ0) is 31.8. The third-order valence-electron chi connectivity index (χ3n) is 8.84. The van der Waals surface area contributed by atoms with Crippen LogP contribution in [0.2, 0.25) is 10.3 Å². The smallest absolute Gasteiger partial charge is 0.404 e. The van der Waals surface area contributed by atoms with Gasteiger partial charge < -0.3 is 39.9 Å². The van der Waals surface area contributed by atoms with Gasteiger partial charge in [-0.2, -0.15) is 0 Å². The van der Waals surface area contributed by atoms with E-state index in [1.807, 2.05) is 39.8 Å². The van der Waals surface area contributed by atoms with Crippen molar-refractivity contribution in [1.29, 1.82) is 0 Å². The van der Waals surface area contributed by atoms with E-state index in [1.54, 1.807) is 12.4 Å². The van der Waals surface area contributed by atoms with Gasteiger partial charge in [0.15, 0.2) is 11.6 Å². The number of hydrogen-bond acceptors (Lipinski definition) is 10. The Morgan fingerprint density at radius 3 is 1.41 bits per heavy atom. The normalized spacial score (nSPS) is 29.3. The van der Waals surface area contributed by atoms with E-state index < -0.39 is 23.8 Å². The predicted octanol–water partition coefficient (Wildman–Crippen LogP) is 5.37. The summed E-state index contributed by atoms with van der Waals surface area (Å²) in [6.07, 6.45) is 4.38. The van der Waals surface area contributed by atoms with Gasteiger partial charge >= 0.3 is 12.2 Å². The number of aromatic nitrogens is 2. The van der Waals surface area contributed by atoms with Crippen molar-refractivity contribution < 1.29 is 38.0 Å². The van der Waals surface area contributed by atoms with Crippen molar-refractivity contribution in [3.63, 3.8) is 0 Å². The first-order valence-corrected chi connectivity index (χ1v) is 15.5. The van der Waals surface area contributed by atoms with Crippen LogP contribution >= 0.6 is 23.2 Å². The quantitative estimate of drug-likeness (QED) is 0.410. The molecule has 240 valence electrons. The molecule has 6 atom stereocenters. The molecular weight excluding hydrogens is 615 g/mol. The minimum Gasteiger partial charge on any atom is -0.449 e. The molecule has 0 saturated carbocycles. The zero-order valence-electron chi connectivity index (χ0n) is 25.1. The van der Waals surface area contributed by atoms with E-state index in [-0.39, 0.29) is 49.5 Å². The summed E-state index contributed by atoms with van der Waals surface area (Å²) < 4.78 is 34.3. The average molecular weight is 654 g/mol. The first kappa shape index (κ1) is 32.6. The minimum atomic E-state index is -0.858. The molecule has 2 aliphatic heterocycles. The van der Waals surface area contributed by atoms with Gasteiger partial charge in [-0.15, -0.1) is 0 Å². The summed E-state index contributed by atoms with van der Waals surface area (Å²) in [5.41, 5.74) is 13.5. The lowest BCUT2D eigenvalue weighted by Crippen LogP contribution is -2.36. The van der Waals surface area contributed by atoms with Crippen LogP contribution in [0, 0.1) is 0 Å². The molecule has 2 aromatic heterocycles. The molecule has 0 aromatic carbocycles. The van der Waals surface area contributed by atoms with Crippen LogP contribution in [0.15, 0.2) is 24.5 Å². The molecule has 2 saturated heterocycles. The Hall–Kier alpha value is -2.74. The summed E-state index contributed by atoms with van der Waals surface area (Å²) >= 11 is 12.7. The van der Waals surface area contributed by atoms with Crippen molar-refractivity contribution in [3.05, 3.63) is 57.1 Å². The van der Waals surface area contributed by atoms with Crippen LogP contribution in [0.1, 0.15) is 87.5 Å². The third kappa shape index (κ3) is 6.33. The van der Waals surface area contributed by atoms with Crippen molar-refractivity contribution in [2.45, 2.75) is 101 Å². The lowest BCUT2D eigenvalue weighted by atomic mass is 9.80. The topological polar surface area (TPSA) is 167 Å². The second-order valence-electron chi connectivity index (χ2n) is 11.7. The summed E-state index contributed by atoms with van der Waals surface area (Å²) in [4.78, 5) is 30.1. The summed E-state index contributed by atoms with van der Waals surface area (Å²) in [5.74, 6) is -1.70. The summed E-state index contributed by atoms with van der Waals surface area (Å²) in [7, 11) is 0. The van der Waals surface area contributed by atoms with Crippen molar-refractivity contribution in [1.82, 2.24) is 9.97 Å². The summed E-state index contributed by atoms with van der Waals surface area (Å²) in [6.45, 7) is 8.34. The van der Waals surface area contributed by atoms with Crippen LogP contribution in [-0.2, 0) is 40.0 Å². The fraction of sp³-hybridized carbons (Fsp3) is 0.600.